The van der Waals surface area contributed by atoms with E-state index in [9.17, 15) is 9.90 Å². The molecule has 0 bridgehead atoms. The quantitative estimate of drug-likeness (QED) is 0.429. The molecule has 0 aliphatic carbocycles. The van der Waals surface area contributed by atoms with Crippen LogP contribution < -0.4 is 10.1 Å². The molecule has 2 rings (SSSR count). The maximum Gasteiger partial charge on any atom is 0.224 e. The predicted octanol–water partition coefficient (Wildman–Crippen LogP) is 7.00. The van der Waals surface area contributed by atoms with Crippen LogP contribution >= 0.6 is 0 Å². The molecule has 163 valence electrons. The van der Waals surface area contributed by atoms with Crippen LogP contribution in [0.3, 0.4) is 0 Å². The topological polar surface area (TPSA) is 58.2 Å². The summed E-state index contributed by atoms with van der Waals surface area (Å²) in [5.41, 5.74) is 3.34. The summed E-state index contributed by atoms with van der Waals surface area (Å²) in [6, 6.07) is 12.7. The molecule has 4 nitrogen and oxygen atoms in total. The fraction of sp³-hybridized carbons (Fsp3) is 0.500. The minimum absolute atomic E-state index is 0.0142. The third kappa shape index (κ3) is 6.25. The van der Waals surface area contributed by atoms with Gasteiger partial charge in [-0.3, -0.25) is 9.90 Å². The Morgan fingerprint density at radius 2 is 1.57 bits per heavy atom. The molecule has 0 atom stereocenters. The van der Waals surface area contributed by atoms with Crippen LogP contribution in [0.4, 0.5) is 5.69 Å². The van der Waals surface area contributed by atoms with Crippen molar-refractivity contribution in [3.05, 3.63) is 53.6 Å². The van der Waals surface area contributed by atoms with E-state index in [1.54, 1.807) is 12.1 Å². The van der Waals surface area contributed by atoms with E-state index < -0.39 is 0 Å². The van der Waals surface area contributed by atoms with Gasteiger partial charge in [-0.1, -0.05) is 53.7 Å². The summed E-state index contributed by atoms with van der Waals surface area (Å²) in [6.07, 6.45) is 3.09. The highest BCUT2D eigenvalue weighted by atomic mass is 16.5. The van der Waals surface area contributed by atoms with Crippen LogP contribution in [0.25, 0.3) is 0 Å². The summed E-state index contributed by atoms with van der Waals surface area (Å²) in [7, 11) is 0. The largest absolute Gasteiger partial charge is 0.493 e. The van der Waals surface area contributed by atoms with Crippen molar-refractivity contribution in [2.45, 2.75) is 78.1 Å². The average Bonchev–Trinajstić information content (AvgIpc) is 2.72. The molecule has 1 amide bonds. The number of hydrogen-bond donors (Lipinski definition) is 1. The first kappa shape index (κ1) is 23.8. The molecule has 0 heterocycles. The van der Waals surface area contributed by atoms with Gasteiger partial charge in [-0.2, -0.15) is 0 Å². The highest BCUT2D eigenvalue weighted by Gasteiger charge is 2.26. The van der Waals surface area contributed by atoms with E-state index >= 15 is 0 Å². The highest BCUT2D eigenvalue weighted by molar-refractivity contribution is 5.90. The lowest BCUT2D eigenvalue weighted by atomic mass is 9.76. The second-order valence-electron chi connectivity index (χ2n) is 9.21. The maximum absolute atomic E-state index is 12.1. The molecule has 0 aliphatic heterocycles. The Hall–Kier alpha value is -2.49. The van der Waals surface area contributed by atoms with Crippen molar-refractivity contribution in [3.63, 3.8) is 0 Å². The van der Waals surface area contributed by atoms with Gasteiger partial charge in [0.15, 0.2) is 5.75 Å². The Balaban J connectivity index is 2.00. The van der Waals surface area contributed by atoms with Crippen LogP contribution in [0.15, 0.2) is 42.5 Å². The lowest BCUT2D eigenvalue weighted by Gasteiger charge is -2.30. The monoisotopic (exact) mass is 410 g/mol. The summed E-state index contributed by atoms with van der Waals surface area (Å²) in [6.45, 7) is 13.9. The second kappa shape index (κ2) is 10.0. The van der Waals surface area contributed by atoms with E-state index in [1.807, 2.05) is 0 Å². The van der Waals surface area contributed by atoms with Gasteiger partial charge in [0.05, 0.1) is 6.61 Å². The van der Waals surface area contributed by atoms with Gasteiger partial charge in [0.25, 0.3) is 0 Å². The van der Waals surface area contributed by atoms with Gasteiger partial charge in [-0.15, -0.1) is 0 Å². The number of carbonyl (C=O) groups excluding carboxylic acids is 1. The fourth-order valence-corrected chi connectivity index (χ4v) is 3.18. The van der Waals surface area contributed by atoms with Crippen molar-refractivity contribution >= 4 is 11.6 Å². The van der Waals surface area contributed by atoms with Crippen LogP contribution in [0, 0.1) is 0 Å². The minimum atomic E-state index is -0.0774. The zero-order valence-electron chi connectivity index (χ0n) is 19.3. The van der Waals surface area contributed by atoms with E-state index in [2.05, 4.69) is 65.1 Å². The molecule has 2 aromatic carbocycles. The fourth-order valence-electron chi connectivity index (χ4n) is 3.18. The molecule has 0 saturated heterocycles. The Morgan fingerprint density at radius 3 is 2.17 bits per heavy atom. The van der Waals surface area contributed by atoms with Crippen LogP contribution in [0.2, 0.25) is 0 Å². The average molecular weight is 411 g/mol. The molecule has 0 fully saturated rings. The number of hydrogen-bond acceptors (Lipinski definition) is 2. The Bertz CT molecular complexity index is 838. The van der Waals surface area contributed by atoms with Crippen LogP contribution in [0.5, 0.6) is 11.5 Å². The molecule has 30 heavy (non-hydrogen) atoms. The van der Waals surface area contributed by atoms with Gasteiger partial charge in [-0.05, 0) is 66.0 Å². The SMILES string of the molecule is CCC(C)(C)c1ccc(OCCCC(=O)Nc2ccc([O])cc2)c(C(C)(C)CC)c1. The van der Waals surface area contributed by atoms with Crippen LogP contribution in [-0.2, 0) is 20.7 Å². The summed E-state index contributed by atoms with van der Waals surface area (Å²) in [5.74, 6) is 0.760. The van der Waals surface area contributed by atoms with Gasteiger partial charge in [-0.25, -0.2) is 0 Å². The lowest BCUT2D eigenvalue weighted by molar-refractivity contribution is -0.116. The summed E-state index contributed by atoms with van der Waals surface area (Å²) in [5, 5.41) is 13.9. The Kier molecular flexibility index (Phi) is 7.94. The lowest BCUT2D eigenvalue weighted by Crippen LogP contribution is -2.21. The summed E-state index contributed by atoms with van der Waals surface area (Å²) < 4.78 is 6.12. The number of amides is 1. The number of nitrogens with one attached hydrogen (secondary N) is 1. The molecular weight excluding hydrogens is 374 g/mol. The molecule has 4 heteroatoms. The number of ether oxygens (including phenoxy) is 1. The van der Waals surface area contributed by atoms with E-state index in [-0.39, 0.29) is 22.5 Å². The van der Waals surface area contributed by atoms with Crippen LogP contribution in [-0.4, -0.2) is 12.5 Å². The predicted molar refractivity (Wildman–Crippen MR) is 123 cm³/mol. The van der Waals surface area contributed by atoms with Crippen molar-refractivity contribution in [3.8, 4) is 11.5 Å². The zero-order chi connectivity index (χ0) is 22.4. The molecule has 1 N–H and O–H groups in total. The maximum atomic E-state index is 12.1. The molecule has 0 spiro atoms. The van der Waals surface area contributed by atoms with Crippen molar-refractivity contribution < 1.29 is 14.6 Å². The van der Waals surface area contributed by atoms with Gasteiger partial charge in [0.1, 0.15) is 5.75 Å². The van der Waals surface area contributed by atoms with E-state index in [1.165, 1.54) is 23.3 Å². The van der Waals surface area contributed by atoms with Gasteiger partial charge in [0, 0.05) is 17.7 Å². The highest BCUT2D eigenvalue weighted by Crippen LogP contribution is 2.38. The summed E-state index contributed by atoms with van der Waals surface area (Å²) >= 11 is 0. The smallest absolute Gasteiger partial charge is 0.224 e. The molecule has 2 aromatic rings. The number of rotatable bonds is 10. The molecule has 1 radical (unpaired) electrons. The zero-order valence-corrected chi connectivity index (χ0v) is 19.3. The van der Waals surface area contributed by atoms with E-state index in [0.717, 1.165) is 18.6 Å². The van der Waals surface area contributed by atoms with Crippen molar-refractivity contribution in [2.75, 3.05) is 11.9 Å². The van der Waals surface area contributed by atoms with E-state index in [4.69, 9.17) is 4.74 Å². The standard InChI is InChI=1S/C26H36NO3/c1-7-25(3,4)19-11-16-23(22(18-19)26(5,6)8-2)30-17-9-10-24(29)27-20-12-14-21(28)15-13-20/h11-16,18H,7-10,17H2,1-6H3,(H,27,29). The molecular formula is C26H36NO3. The van der Waals surface area contributed by atoms with Crippen molar-refractivity contribution in [1.82, 2.24) is 0 Å². The summed E-state index contributed by atoms with van der Waals surface area (Å²) in [4.78, 5) is 12.1. The normalized spacial score (nSPS) is 11.9. The number of carbonyl (C=O) groups is 1. The first-order valence-corrected chi connectivity index (χ1v) is 10.9. The van der Waals surface area contributed by atoms with Gasteiger partial charge < -0.3 is 10.1 Å². The number of anilines is 1. The molecule has 0 aliphatic rings. The van der Waals surface area contributed by atoms with Crippen LogP contribution in [0.1, 0.15) is 78.4 Å². The third-order valence-electron chi connectivity index (χ3n) is 6.20. The third-order valence-corrected chi connectivity index (χ3v) is 6.20. The second-order valence-corrected chi connectivity index (χ2v) is 9.21. The molecule has 0 saturated carbocycles. The minimum Gasteiger partial charge on any atom is -0.493 e. The molecule has 0 aromatic heterocycles. The number of benzene rings is 2. The van der Waals surface area contributed by atoms with Crippen molar-refractivity contribution in [1.29, 1.82) is 0 Å². The Morgan fingerprint density at radius 1 is 0.933 bits per heavy atom. The first-order valence-electron chi connectivity index (χ1n) is 10.9. The van der Waals surface area contributed by atoms with Gasteiger partial charge in [0.2, 0.25) is 5.91 Å². The van der Waals surface area contributed by atoms with E-state index in [0.29, 0.717) is 25.1 Å². The van der Waals surface area contributed by atoms with Crippen molar-refractivity contribution in [2.24, 2.45) is 0 Å². The Labute approximate surface area is 181 Å². The first-order chi connectivity index (χ1) is 14.1. The molecule has 0 unspecified atom stereocenters. The van der Waals surface area contributed by atoms with Gasteiger partial charge >= 0.3 is 0 Å².